The van der Waals surface area contributed by atoms with Crippen LogP contribution in [0.1, 0.15) is 18.4 Å². The van der Waals surface area contributed by atoms with Gasteiger partial charge in [-0.25, -0.2) is 0 Å². The summed E-state index contributed by atoms with van der Waals surface area (Å²) in [6.45, 7) is 1.62. The van der Waals surface area contributed by atoms with Crippen molar-refractivity contribution in [3.63, 3.8) is 0 Å². The lowest BCUT2D eigenvalue weighted by Gasteiger charge is -2.36. The van der Waals surface area contributed by atoms with Crippen LogP contribution in [-0.2, 0) is 4.74 Å². The summed E-state index contributed by atoms with van der Waals surface area (Å²) in [5, 5.41) is 19.8. The van der Waals surface area contributed by atoms with Crippen molar-refractivity contribution in [1.29, 1.82) is 5.26 Å². The van der Waals surface area contributed by atoms with E-state index in [1.165, 1.54) is 0 Å². The van der Waals surface area contributed by atoms with E-state index in [4.69, 9.17) is 9.47 Å². The molecular weight excluding hydrogens is 256 g/mol. The lowest BCUT2D eigenvalue weighted by molar-refractivity contribution is -0.0572. The van der Waals surface area contributed by atoms with Gasteiger partial charge in [-0.15, -0.1) is 0 Å². The van der Waals surface area contributed by atoms with Gasteiger partial charge in [-0.1, -0.05) is 0 Å². The smallest absolute Gasteiger partial charge is 0.121 e. The highest BCUT2D eigenvalue weighted by Crippen LogP contribution is 2.28. The Morgan fingerprint density at radius 1 is 1.45 bits per heavy atom. The van der Waals surface area contributed by atoms with Crippen molar-refractivity contribution in [3.05, 3.63) is 23.8 Å². The Morgan fingerprint density at radius 2 is 2.15 bits per heavy atom. The zero-order valence-electron chi connectivity index (χ0n) is 11.9. The number of methoxy groups -OCH3 is 1. The summed E-state index contributed by atoms with van der Waals surface area (Å²) in [5.74, 6) is 0.699. The Bertz CT molecular complexity index is 504. The van der Waals surface area contributed by atoms with Crippen LogP contribution >= 0.6 is 0 Å². The number of aliphatic hydroxyl groups is 1. The second-order valence-corrected chi connectivity index (χ2v) is 5.19. The first-order chi connectivity index (χ1) is 9.58. The number of rotatable bonds is 4. The van der Waals surface area contributed by atoms with E-state index in [0.717, 1.165) is 5.69 Å². The molecular formula is C15H20N2O3. The Hall–Kier alpha value is -1.77. The zero-order chi connectivity index (χ0) is 14.6. The van der Waals surface area contributed by atoms with Gasteiger partial charge in [0.25, 0.3) is 0 Å². The van der Waals surface area contributed by atoms with Crippen molar-refractivity contribution in [3.8, 4) is 11.8 Å². The summed E-state index contributed by atoms with van der Waals surface area (Å²) in [6.07, 6.45) is 1.23. The lowest BCUT2D eigenvalue weighted by atomic mass is 9.93. The fourth-order valence-electron chi connectivity index (χ4n) is 2.48. The van der Waals surface area contributed by atoms with Crippen molar-refractivity contribution in [2.45, 2.75) is 18.4 Å². The molecule has 1 aromatic carbocycles. The predicted molar refractivity (Wildman–Crippen MR) is 76.0 cm³/mol. The van der Waals surface area contributed by atoms with Gasteiger partial charge in [0, 0.05) is 45.7 Å². The summed E-state index contributed by atoms with van der Waals surface area (Å²) >= 11 is 0. The molecule has 1 aliphatic rings. The number of likely N-dealkylation sites (N-methyl/N-ethyl adjacent to an activating group) is 1. The fourth-order valence-corrected chi connectivity index (χ4v) is 2.48. The van der Waals surface area contributed by atoms with E-state index < -0.39 is 5.60 Å². The number of anilines is 1. The highest BCUT2D eigenvalue weighted by molar-refractivity contribution is 5.62. The molecule has 0 saturated carbocycles. The number of nitrogens with zero attached hydrogens (tertiary/aromatic N) is 2. The molecule has 5 heteroatoms. The van der Waals surface area contributed by atoms with Crippen LogP contribution in [0, 0.1) is 11.3 Å². The molecule has 0 bridgehead atoms. The Morgan fingerprint density at radius 3 is 2.75 bits per heavy atom. The molecule has 0 aliphatic carbocycles. The summed E-state index contributed by atoms with van der Waals surface area (Å²) in [6, 6.07) is 7.49. The average Bonchev–Trinajstić information content (AvgIpc) is 2.46. The normalized spacial score (nSPS) is 17.3. The minimum absolute atomic E-state index is 0.470. The van der Waals surface area contributed by atoms with Gasteiger partial charge in [-0.2, -0.15) is 5.26 Å². The van der Waals surface area contributed by atoms with Crippen LogP contribution in [0.15, 0.2) is 18.2 Å². The van der Waals surface area contributed by atoms with E-state index in [1.54, 1.807) is 19.2 Å². The van der Waals surface area contributed by atoms with Gasteiger partial charge >= 0.3 is 0 Å². The molecule has 5 nitrogen and oxygen atoms in total. The van der Waals surface area contributed by atoms with Crippen molar-refractivity contribution in [2.24, 2.45) is 0 Å². The number of hydrogen-bond donors (Lipinski definition) is 1. The van der Waals surface area contributed by atoms with Gasteiger partial charge in [0.2, 0.25) is 0 Å². The van der Waals surface area contributed by atoms with Crippen LogP contribution in [0.5, 0.6) is 5.75 Å². The molecule has 0 radical (unpaired) electrons. The second-order valence-electron chi connectivity index (χ2n) is 5.19. The largest absolute Gasteiger partial charge is 0.497 e. The highest BCUT2D eigenvalue weighted by atomic mass is 16.5. The summed E-state index contributed by atoms with van der Waals surface area (Å²) < 4.78 is 10.5. The van der Waals surface area contributed by atoms with E-state index in [0.29, 0.717) is 43.9 Å². The fraction of sp³-hybridized carbons (Fsp3) is 0.533. The molecule has 0 aromatic heterocycles. The molecule has 1 aromatic rings. The third-order valence-electron chi connectivity index (χ3n) is 3.69. The molecule has 108 valence electrons. The van der Waals surface area contributed by atoms with Crippen LogP contribution in [0.3, 0.4) is 0 Å². The second kappa shape index (κ2) is 6.12. The quantitative estimate of drug-likeness (QED) is 0.903. The van der Waals surface area contributed by atoms with Crippen molar-refractivity contribution in [1.82, 2.24) is 0 Å². The van der Waals surface area contributed by atoms with Gasteiger partial charge in [0.15, 0.2) is 0 Å². The number of nitriles is 1. The van der Waals surface area contributed by atoms with Crippen molar-refractivity contribution < 1.29 is 14.6 Å². The molecule has 0 atom stereocenters. The molecule has 0 amide bonds. The SMILES string of the molecule is COc1ccc(C#N)c(N(C)CC2(O)CCOCC2)c1. The average molecular weight is 276 g/mol. The maximum Gasteiger partial charge on any atom is 0.121 e. The molecule has 1 heterocycles. The Kier molecular flexibility index (Phi) is 4.48. The van der Waals surface area contributed by atoms with E-state index in [1.807, 2.05) is 18.0 Å². The first kappa shape index (κ1) is 14.6. The monoisotopic (exact) mass is 276 g/mol. The van der Waals surface area contributed by atoms with Crippen LogP contribution in [0.25, 0.3) is 0 Å². The maximum absolute atomic E-state index is 10.6. The molecule has 1 fully saturated rings. The molecule has 1 N–H and O–H groups in total. The first-order valence-electron chi connectivity index (χ1n) is 6.67. The summed E-state index contributed by atoms with van der Waals surface area (Å²) in [7, 11) is 3.47. The Balaban J connectivity index is 2.19. The third-order valence-corrected chi connectivity index (χ3v) is 3.69. The molecule has 2 rings (SSSR count). The van der Waals surface area contributed by atoms with Gasteiger partial charge in [0.05, 0.1) is 24.0 Å². The van der Waals surface area contributed by atoms with Crippen molar-refractivity contribution >= 4 is 5.69 Å². The van der Waals surface area contributed by atoms with Crippen molar-refractivity contribution in [2.75, 3.05) is 38.8 Å². The minimum atomic E-state index is -0.761. The highest BCUT2D eigenvalue weighted by Gasteiger charge is 2.31. The lowest BCUT2D eigenvalue weighted by Crippen LogP contribution is -2.45. The predicted octanol–water partition coefficient (Wildman–Crippen LogP) is 1.54. The van der Waals surface area contributed by atoms with Crippen LogP contribution in [-0.4, -0.2) is 44.6 Å². The van der Waals surface area contributed by atoms with E-state index >= 15 is 0 Å². The molecule has 0 unspecified atom stereocenters. The van der Waals surface area contributed by atoms with Gasteiger partial charge in [-0.3, -0.25) is 0 Å². The van der Waals surface area contributed by atoms with Gasteiger partial charge < -0.3 is 19.5 Å². The zero-order valence-corrected chi connectivity index (χ0v) is 11.9. The van der Waals surface area contributed by atoms with Gasteiger partial charge in [0.1, 0.15) is 11.8 Å². The number of hydrogen-bond acceptors (Lipinski definition) is 5. The minimum Gasteiger partial charge on any atom is -0.497 e. The van der Waals surface area contributed by atoms with Crippen LogP contribution in [0.4, 0.5) is 5.69 Å². The van der Waals surface area contributed by atoms with E-state index in [9.17, 15) is 10.4 Å². The van der Waals surface area contributed by atoms with Crippen LogP contribution < -0.4 is 9.64 Å². The Labute approximate surface area is 119 Å². The van der Waals surface area contributed by atoms with E-state index in [-0.39, 0.29) is 0 Å². The molecule has 1 saturated heterocycles. The number of ether oxygens (including phenoxy) is 2. The number of benzene rings is 1. The molecule has 1 aliphatic heterocycles. The van der Waals surface area contributed by atoms with E-state index in [2.05, 4.69) is 6.07 Å². The molecule has 20 heavy (non-hydrogen) atoms. The standard InChI is InChI=1S/C15H20N2O3/c1-17(11-15(18)5-7-20-8-6-15)14-9-13(19-2)4-3-12(14)10-16/h3-4,9,18H,5-8,11H2,1-2H3. The molecule has 0 spiro atoms. The summed E-state index contributed by atoms with van der Waals surface area (Å²) in [4.78, 5) is 1.91. The maximum atomic E-state index is 10.6. The van der Waals surface area contributed by atoms with Crippen LogP contribution in [0.2, 0.25) is 0 Å². The third kappa shape index (κ3) is 3.21. The first-order valence-corrected chi connectivity index (χ1v) is 6.67. The summed E-state index contributed by atoms with van der Waals surface area (Å²) in [5.41, 5.74) is 0.582. The topological polar surface area (TPSA) is 65.7 Å². The van der Waals surface area contributed by atoms with Gasteiger partial charge in [-0.05, 0) is 12.1 Å².